The third-order valence-corrected chi connectivity index (χ3v) is 14.0. The van der Waals surface area contributed by atoms with Crippen LogP contribution in [0.3, 0.4) is 0 Å². The van der Waals surface area contributed by atoms with Crippen LogP contribution >= 0.6 is 11.6 Å². The summed E-state index contributed by atoms with van der Waals surface area (Å²) in [6, 6.07) is 12.0. The first-order valence-electron chi connectivity index (χ1n) is 22.3. The number of likely N-dealkylation sites (N-methyl/N-ethyl adjacent to an activating group) is 1. The number of likely N-dealkylation sites (tertiary alicyclic amines) is 1. The lowest BCUT2D eigenvalue weighted by atomic mass is 9.70. The van der Waals surface area contributed by atoms with Gasteiger partial charge in [0.15, 0.2) is 18.2 Å². The van der Waals surface area contributed by atoms with Crippen LogP contribution in [0, 0.1) is 5.41 Å². The van der Waals surface area contributed by atoms with Crippen LogP contribution in [0.1, 0.15) is 79.1 Å². The van der Waals surface area contributed by atoms with Crippen LogP contribution in [-0.2, 0) is 19.1 Å². The fourth-order valence-electron chi connectivity index (χ4n) is 10.3. The molecule has 2 aromatic carbocycles. The zero-order valence-corrected chi connectivity index (χ0v) is 37.2. The average Bonchev–Trinajstić information content (AvgIpc) is 3.49. The summed E-state index contributed by atoms with van der Waals surface area (Å²) >= 11 is 6.60. The molecule has 1 aliphatic carbocycles. The van der Waals surface area contributed by atoms with Gasteiger partial charge in [-0.3, -0.25) is 43.9 Å². The number of piperidine rings is 2. The summed E-state index contributed by atoms with van der Waals surface area (Å²) in [6.07, 6.45) is 6.01. The molecule has 1 unspecified atom stereocenters. The molecule has 340 valence electrons. The van der Waals surface area contributed by atoms with E-state index in [1.54, 1.807) is 29.0 Å². The average molecular weight is 907 g/mol. The number of aromatic nitrogens is 3. The summed E-state index contributed by atoms with van der Waals surface area (Å²) in [5.74, 6) is -1.18. The number of fused-ring (bicyclic) bond motifs is 2. The Balaban J connectivity index is 0.681. The van der Waals surface area contributed by atoms with Gasteiger partial charge < -0.3 is 34.5 Å². The van der Waals surface area contributed by atoms with E-state index in [9.17, 15) is 28.8 Å². The highest BCUT2D eigenvalue weighted by atomic mass is 35.5. The molecule has 10 rings (SSSR count). The molecule has 65 heavy (non-hydrogen) atoms. The van der Waals surface area contributed by atoms with Crippen molar-refractivity contribution in [3.05, 3.63) is 75.2 Å². The Morgan fingerprint density at radius 2 is 1.68 bits per heavy atom. The van der Waals surface area contributed by atoms with Crippen LogP contribution in [0.5, 0.6) is 5.75 Å². The molecule has 2 aromatic heterocycles. The van der Waals surface area contributed by atoms with Gasteiger partial charge in [-0.15, -0.1) is 0 Å². The molecule has 19 heteroatoms. The van der Waals surface area contributed by atoms with E-state index in [1.807, 2.05) is 38.1 Å². The van der Waals surface area contributed by atoms with Gasteiger partial charge >= 0.3 is 0 Å². The zero-order chi connectivity index (χ0) is 45.3. The quantitative estimate of drug-likeness (QED) is 0.174. The van der Waals surface area contributed by atoms with Crippen molar-refractivity contribution >= 4 is 75.2 Å². The van der Waals surface area contributed by atoms with Gasteiger partial charge in [-0.2, -0.15) is 4.98 Å². The first-order chi connectivity index (χ1) is 31.3. The minimum atomic E-state index is -0.975. The first kappa shape index (κ1) is 42.8. The summed E-state index contributed by atoms with van der Waals surface area (Å²) < 4.78 is 13.8. The molecule has 4 aromatic rings. The molecule has 0 radical (unpaired) electrons. The second-order valence-corrected chi connectivity index (χ2v) is 18.9. The largest absolute Gasteiger partial charge is 0.478 e. The zero-order valence-electron chi connectivity index (χ0n) is 36.5. The lowest BCUT2D eigenvalue weighted by molar-refractivity contribution is -0.136. The second-order valence-electron chi connectivity index (χ2n) is 18.5. The number of hydrogen-bond acceptors (Lipinski definition) is 14. The van der Waals surface area contributed by atoms with Crippen molar-refractivity contribution in [2.75, 3.05) is 68.0 Å². The molecule has 7 heterocycles. The smallest absolute Gasteiger partial charge is 0.293 e. The number of carbonyl (C=O) groups is 5. The van der Waals surface area contributed by atoms with Crippen LogP contribution in [0.2, 0.25) is 5.02 Å². The summed E-state index contributed by atoms with van der Waals surface area (Å²) in [7, 11) is 1.51. The summed E-state index contributed by atoms with van der Waals surface area (Å²) in [5, 5.41) is 9.19. The van der Waals surface area contributed by atoms with Gasteiger partial charge in [0.2, 0.25) is 17.8 Å². The lowest BCUT2D eigenvalue weighted by Crippen LogP contribution is -2.75. The first-order valence-corrected chi connectivity index (χ1v) is 22.7. The van der Waals surface area contributed by atoms with E-state index < -0.39 is 29.7 Å². The number of halogens is 1. The molecule has 5 aliphatic heterocycles. The number of benzene rings is 2. The number of anilines is 4. The number of amides is 5. The highest BCUT2D eigenvalue weighted by Crippen LogP contribution is 2.46. The van der Waals surface area contributed by atoms with Crippen molar-refractivity contribution in [1.82, 2.24) is 35.0 Å². The lowest BCUT2D eigenvalue weighted by Gasteiger charge is -2.64. The van der Waals surface area contributed by atoms with Crippen molar-refractivity contribution in [3.8, 4) is 5.75 Å². The van der Waals surface area contributed by atoms with Crippen molar-refractivity contribution in [2.24, 2.45) is 5.41 Å². The number of rotatable bonds is 12. The number of imide groups is 2. The predicted molar refractivity (Wildman–Crippen MR) is 241 cm³/mol. The van der Waals surface area contributed by atoms with Gasteiger partial charge in [0, 0.05) is 87.0 Å². The van der Waals surface area contributed by atoms with E-state index in [-0.39, 0.29) is 60.3 Å². The molecule has 5 fully saturated rings. The number of pyridine rings is 1. The van der Waals surface area contributed by atoms with Crippen molar-refractivity contribution in [3.63, 3.8) is 0 Å². The fraction of sp³-hybridized carbons (Fsp3) is 0.478. The summed E-state index contributed by atoms with van der Waals surface area (Å²) in [4.78, 5) is 93.0. The standard InChI is InChI=1S/C46H51ClN10O8/c1-25(2)56-35-7-4-27(14-26(35)15-37(44(56)63)64-20-39(59)48-3)50-40-34(47)19-49-45(52-40)53-12-10-30(11-13-53)65-31-16-29(17-31)55-23-46(24-55)21-54(22-46)28-5-6-32-33(18-28)43(62)57(42(32)61)36-8-9-38(58)51-41(36)60/h4-7,14-15,18-19,25,29-31,36H,8-13,16-17,20-24H2,1-3H3,(H,48,59)(H,49,50,52)(H,51,58,60). The van der Waals surface area contributed by atoms with Crippen LogP contribution < -0.4 is 36.0 Å². The van der Waals surface area contributed by atoms with E-state index in [0.29, 0.717) is 39.6 Å². The molecular weight excluding hydrogens is 856 g/mol. The summed E-state index contributed by atoms with van der Waals surface area (Å²) in [5.41, 5.74) is 2.85. The molecule has 3 N–H and O–H groups in total. The van der Waals surface area contributed by atoms with Crippen LogP contribution in [0.4, 0.5) is 23.1 Å². The maximum Gasteiger partial charge on any atom is 0.293 e. The molecule has 4 saturated heterocycles. The van der Waals surface area contributed by atoms with Gasteiger partial charge in [-0.25, -0.2) is 4.98 Å². The maximum absolute atomic E-state index is 13.3. The van der Waals surface area contributed by atoms with Crippen LogP contribution in [0.15, 0.2) is 53.5 Å². The maximum atomic E-state index is 13.3. The highest BCUT2D eigenvalue weighted by molar-refractivity contribution is 6.33. The fourth-order valence-corrected chi connectivity index (χ4v) is 10.4. The Labute approximate surface area is 379 Å². The second kappa shape index (κ2) is 16.7. The van der Waals surface area contributed by atoms with Crippen molar-refractivity contribution < 1.29 is 33.4 Å². The third-order valence-electron chi connectivity index (χ3n) is 13.8. The molecule has 18 nitrogen and oxygen atoms in total. The number of ether oxygens (including phenoxy) is 2. The minimum absolute atomic E-state index is 0.0889. The van der Waals surface area contributed by atoms with Gasteiger partial charge in [0.25, 0.3) is 23.3 Å². The molecular formula is C46H51ClN10O8. The van der Waals surface area contributed by atoms with Gasteiger partial charge in [-0.1, -0.05) is 11.6 Å². The van der Waals surface area contributed by atoms with Gasteiger partial charge in [0.1, 0.15) is 11.1 Å². The molecule has 1 spiro atoms. The Hall–Kier alpha value is -6.11. The molecule has 0 bridgehead atoms. The van der Waals surface area contributed by atoms with Crippen molar-refractivity contribution in [2.45, 2.75) is 82.7 Å². The van der Waals surface area contributed by atoms with E-state index in [2.05, 4.69) is 35.6 Å². The van der Waals surface area contributed by atoms with E-state index >= 15 is 0 Å². The topological polar surface area (TPSA) is 201 Å². The normalized spacial score (nSPS) is 23.0. The SMILES string of the molecule is CNC(=O)COc1cc2cc(Nc3nc(N4CCC(OC5CC(N6CC7(CN(c8ccc9c(c8)C(=O)N(C8CCC(=O)NC8=O)C9=O)C7)C6)C5)CC4)ncc3Cl)ccc2n(C(C)C)c1=O. The van der Waals surface area contributed by atoms with Gasteiger partial charge in [-0.05, 0) is 88.4 Å². The Morgan fingerprint density at radius 1 is 0.923 bits per heavy atom. The summed E-state index contributed by atoms with van der Waals surface area (Å²) in [6.45, 7) is 8.89. The van der Waals surface area contributed by atoms with Crippen LogP contribution in [-0.4, -0.2) is 131 Å². The van der Waals surface area contributed by atoms with E-state index in [4.69, 9.17) is 26.1 Å². The monoisotopic (exact) mass is 906 g/mol. The minimum Gasteiger partial charge on any atom is -0.478 e. The van der Waals surface area contributed by atoms with Crippen LogP contribution in [0.25, 0.3) is 10.9 Å². The third kappa shape index (κ3) is 7.94. The Morgan fingerprint density at radius 3 is 2.40 bits per heavy atom. The highest BCUT2D eigenvalue weighted by Gasteiger charge is 2.55. The van der Waals surface area contributed by atoms with Gasteiger partial charge in [0.05, 0.1) is 35.0 Å². The van der Waals surface area contributed by atoms with Crippen molar-refractivity contribution in [1.29, 1.82) is 0 Å². The Kier molecular flexibility index (Phi) is 11.0. The number of nitrogens with one attached hydrogen (secondary N) is 3. The van der Waals surface area contributed by atoms with E-state index in [1.165, 1.54) is 7.05 Å². The number of carbonyl (C=O) groups excluding carboxylic acids is 5. The van der Waals surface area contributed by atoms with E-state index in [0.717, 1.165) is 86.4 Å². The molecule has 5 amide bonds. The molecule has 1 atom stereocenters. The molecule has 1 saturated carbocycles. The Bertz CT molecular complexity index is 2680. The predicted octanol–water partition coefficient (Wildman–Crippen LogP) is 3.63. The number of nitrogens with zero attached hydrogens (tertiary/aromatic N) is 7. The number of hydrogen-bond donors (Lipinski definition) is 3. The molecule has 6 aliphatic rings.